The van der Waals surface area contributed by atoms with Crippen LogP contribution >= 0.6 is 7.82 Å². The van der Waals surface area contributed by atoms with Crippen molar-refractivity contribution in [3.63, 3.8) is 0 Å². The van der Waals surface area contributed by atoms with Gasteiger partial charge in [-0.1, -0.05) is 212 Å². The van der Waals surface area contributed by atoms with Crippen molar-refractivity contribution in [2.45, 2.75) is 251 Å². The van der Waals surface area contributed by atoms with Gasteiger partial charge in [-0.2, -0.15) is 0 Å². The molecule has 0 fully saturated rings. The molecule has 0 saturated heterocycles. The van der Waals surface area contributed by atoms with Crippen LogP contribution in [0.15, 0.2) is 24.3 Å². The van der Waals surface area contributed by atoms with E-state index in [0.717, 1.165) is 38.5 Å². The van der Waals surface area contributed by atoms with E-state index in [4.69, 9.17) is 9.05 Å². The Balaban J connectivity index is 4.32. The lowest BCUT2D eigenvalue weighted by molar-refractivity contribution is -0.870. The first kappa shape index (κ1) is 58.0. The van der Waals surface area contributed by atoms with Crippen molar-refractivity contribution in [2.24, 2.45) is 0 Å². The fraction of sp³-hybridized carbons (Fsp3) is 0.900. The smallest absolute Gasteiger partial charge is 0.387 e. The summed E-state index contributed by atoms with van der Waals surface area (Å²) in [4.78, 5) is 23.2. The highest BCUT2D eigenvalue weighted by molar-refractivity contribution is 7.47. The number of carbonyl (C=O) groups is 1. The zero-order valence-electron chi connectivity index (χ0n) is 39.8. The van der Waals surface area contributed by atoms with Crippen molar-refractivity contribution in [3.05, 3.63) is 24.3 Å². The highest BCUT2D eigenvalue weighted by Crippen LogP contribution is 2.43. The van der Waals surface area contributed by atoms with Gasteiger partial charge in [0.1, 0.15) is 13.2 Å². The van der Waals surface area contributed by atoms with Gasteiger partial charge in [-0.3, -0.25) is 13.8 Å². The first-order valence-corrected chi connectivity index (χ1v) is 26.7. The van der Waals surface area contributed by atoms with Gasteiger partial charge in [-0.25, -0.2) is 4.57 Å². The van der Waals surface area contributed by atoms with Crippen LogP contribution in [0.1, 0.15) is 239 Å². The zero-order valence-corrected chi connectivity index (χ0v) is 40.7. The highest BCUT2D eigenvalue weighted by atomic mass is 31.2. The van der Waals surface area contributed by atoms with Gasteiger partial charge in [0.15, 0.2) is 0 Å². The number of phosphoric ester groups is 1. The Hall–Kier alpha value is -1.02. The van der Waals surface area contributed by atoms with E-state index in [0.29, 0.717) is 17.4 Å². The van der Waals surface area contributed by atoms with E-state index in [1.165, 1.54) is 180 Å². The molecule has 0 spiro atoms. The normalized spacial score (nSPS) is 14.4. The summed E-state index contributed by atoms with van der Waals surface area (Å²) >= 11 is 0. The molecule has 0 aromatic carbocycles. The predicted octanol–water partition coefficient (Wildman–Crippen LogP) is 14.5. The van der Waals surface area contributed by atoms with Crippen molar-refractivity contribution in [1.29, 1.82) is 0 Å². The minimum atomic E-state index is -4.34. The third-order valence-electron chi connectivity index (χ3n) is 11.4. The molecule has 350 valence electrons. The fourth-order valence-electron chi connectivity index (χ4n) is 7.39. The van der Waals surface area contributed by atoms with E-state index in [9.17, 15) is 19.4 Å². The molecule has 0 aliphatic heterocycles. The molecule has 0 saturated carbocycles. The Kier molecular flexibility index (Phi) is 41.6. The number of carbonyl (C=O) groups excluding carboxylic acids is 1. The van der Waals surface area contributed by atoms with E-state index >= 15 is 0 Å². The number of aliphatic hydroxyl groups excluding tert-OH is 1. The van der Waals surface area contributed by atoms with Crippen molar-refractivity contribution in [2.75, 3.05) is 40.9 Å². The summed E-state index contributed by atoms with van der Waals surface area (Å²) in [5, 5.41) is 13.9. The summed E-state index contributed by atoms with van der Waals surface area (Å²) in [5.41, 5.74) is 0. The molecule has 0 radical (unpaired) electrons. The number of likely N-dealkylation sites (N-methyl/N-ethyl adjacent to an activating group) is 1. The number of hydrogen-bond acceptors (Lipinski definition) is 5. The Morgan fingerprint density at radius 1 is 0.559 bits per heavy atom. The van der Waals surface area contributed by atoms with Gasteiger partial charge in [0.05, 0.1) is 39.9 Å². The fourth-order valence-corrected chi connectivity index (χ4v) is 8.13. The van der Waals surface area contributed by atoms with Crippen LogP contribution in [0, 0.1) is 0 Å². The molecule has 0 aromatic rings. The average molecular weight is 856 g/mol. The van der Waals surface area contributed by atoms with E-state index in [1.54, 1.807) is 6.08 Å². The Morgan fingerprint density at radius 3 is 1.31 bits per heavy atom. The number of rotatable bonds is 46. The van der Waals surface area contributed by atoms with Crippen LogP contribution in [0.4, 0.5) is 0 Å². The Bertz CT molecular complexity index is 1020. The lowest BCUT2D eigenvalue weighted by Crippen LogP contribution is -2.45. The number of allylic oxidation sites excluding steroid dienone is 3. The molecule has 0 aliphatic rings. The molecule has 9 heteroatoms. The largest absolute Gasteiger partial charge is 0.472 e. The van der Waals surface area contributed by atoms with Crippen LogP contribution in [-0.4, -0.2) is 73.4 Å². The highest BCUT2D eigenvalue weighted by Gasteiger charge is 2.27. The third kappa shape index (κ3) is 44.8. The van der Waals surface area contributed by atoms with E-state index in [2.05, 4.69) is 31.3 Å². The third-order valence-corrected chi connectivity index (χ3v) is 12.4. The Morgan fingerprint density at radius 2 is 0.915 bits per heavy atom. The van der Waals surface area contributed by atoms with Crippen molar-refractivity contribution in [3.8, 4) is 0 Å². The van der Waals surface area contributed by atoms with Crippen LogP contribution in [0.25, 0.3) is 0 Å². The first-order valence-electron chi connectivity index (χ1n) is 25.2. The van der Waals surface area contributed by atoms with E-state index in [-0.39, 0.29) is 19.1 Å². The van der Waals surface area contributed by atoms with Crippen LogP contribution in [-0.2, 0) is 18.4 Å². The van der Waals surface area contributed by atoms with Crippen molar-refractivity contribution in [1.82, 2.24) is 5.32 Å². The summed E-state index contributed by atoms with van der Waals surface area (Å²) in [6.07, 6.45) is 51.0. The Labute approximate surface area is 366 Å². The lowest BCUT2D eigenvalue weighted by atomic mass is 10.0. The zero-order chi connectivity index (χ0) is 43.6. The minimum Gasteiger partial charge on any atom is -0.387 e. The summed E-state index contributed by atoms with van der Waals surface area (Å²) in [6, 6.07) is -0.845. The quantitative estimate of drug-likeness (QED) is 0.0244. The molecule has 0 heterocycles. The van der Waals surface area contributed by atoms with Crippen LogP contribution in [0.3, 0.4) is 0 Å². The number of quaternary nitrogens is 1. The van der Waals surface area contributed by atoms with E-state index < -0.39 is 20.0 Å². The second-order valence-corrected chi connectivity index (χ2v) is 20.0. The number of aliphatic hydroxyl groups is 1. The molecule has 3 unspecified atom stereocenters. The maximum Gasteiger partial charge on any atom is 0.472 e. The molecule has 8 nitrogen and oxygen atoms in total. The molecular weight excluding hydrogens is 756 g/mol. The summed E-state index contributed by atoms with van der Waals surface area (Å²) in [6.45, 7) is 4.83. The standard InChI is InChI=1S/C50H99N2O6P/c1-6-8-10-12-14-16-18-20-22-24-26-28-30-32-34-36-38-40-42-44-50(54)51-48(47-58-59(55,56)57-46-45-52(3,4)5)49(53)43-41-39-37-35-33-31-29-27-25-23-21-19-17-15-13-11-9-7-2/h20,22,41,43,48-49,53H,6-19,21,23-40,42,44-47H2,1-5H3,(H-,51,54,55,56)/p+1/b22-20-,43-41+. The van der Waals surface area contributed by atoms with Gasteiger partial charge in [0, 0.05) is 6.42 Å². The van der Waals surface area contributed by atoms with Gasteiger partial charge >= 0.3 is 7.82 Å². The molecule has 0 bridgehead atoms. The number of hydrogen-bond donors (Lipinski definition) is 3. The summed E-state index contributed by atoms with van der Waals surface area (Å²) < 4.78 is 23.6. The van der Waals surface area contributed by atoms with E-state index in [1.807, 2.05) is 27.2 Å². The van der Waals surface area contributed by atoms with Crippen molar-refractivity contribution >= 4 is 13.7 Å². The topological polar surface area (TPSA) is 105 Å². The van der Waals surface area contributed by atoms with Gasteiger partial charge in [0.2, 0.25) is 5.91 Å². The maximum absolute atomic E-state index is 12.9. The molecular formula is C50H100N2O6P+. The van der Waals surface area contributed by atoms with Crippen LogP contribution in [0.5, 0.6) is 0 Å². The van der Waals surface area contributed by atoms with Crippen LogP contribution in [0.2, 0.25) is 0 Å². The molecule has 0 aliphatic carbocycles. The number of nitrogens with zero attached hydrogens (tertiary/aromatic N) is 1. The lowest BCUT2D eigenvalue weighted by Gasteiger charge is -2.25. The number of amides is 1. The SMILES string of the molecule is CCCCCCCC/C=C\CCCCCCCCCCCC(=O)NC(COP(=O)(O)OCC[N+](C)(C)C)C(O)/C=C/CCCCCCCCCCCCCCCCCC. The second-order valence-electron chi connectivity index (χ2n) is 18.5. The second kappa shape index (κ2) is 42.3. The number of nitrogens with one attached hydrogen (secondary N) is 1. The molecule has 0 rings (SSSR count). The van der Waals surface area contributed by atoms with Gasteiger partial charge < -0.3 is 19.8 Å². The maximum atomic E-state index is 12.9. The molecule has 3 atom stereocenters. The summed E-state index contributed by atoms with van der Waals surface area (Å²) in [5.74, 6) is -0.177. The minimum absolute atomic E-state index is 0.0626. The first-order chi connectivity index (χ1) is 28.5. The van der Waals surface area contributed by atoms with Crippen molar-refractivity contribution < 1.29 is 32.9 Å². The molecule has 0 aromatic heterocycles. The predicted molar refractivity (Wildman–Crippen MR) is 254 cm³/mol. The number of phosphoric acid groups is 1. The van der Waals surface area contributed by atoms with Gasteiger partial charge in [-0.15, -0.1) is 0 Å². The average Bonchev–Trinajstić information content (AvgIpc) is 3.19. The van der Waals surface area contributed by atoms with Gasteiger partial charge in [-0.05, 0) is 44.9 Å². The summed E-state index contributed by atoms with van der Waals surface area (Å²) in [7, 11) is 1.58. The number of unbranched alkanes of at least 4 members (excludes halogenated alkanes) is 31. The van der Waals surface area contributed by atoms with Gasteiger partial charge in [0.25, 0.3) is 0 Å². The van der Waals surface area contributed by atoms with Crippen LogP contribution < -0.4 is 5.32 Å². The monoisotopic (exact) mass is 856 g/mol. The molecule has 1 amide bonds. The molecule has 59 heavy (non-hydrogen) atoms. The molecule has 3 N–H and O–H groups in total.